The molecule has 3 nitrogen and oxygen atoms in total. The van der Waals surface area contributed by atoms with Crippen LogP contribution in [0.4, 0.5) is 4.79 Å². The minimum absolute atomic E-state index is 0.109. The minimum atomic E-state index is -0.216. The fourth-order valence-corrected chi connectivity index (χ4v) is 1.62. The summed E-state index contributed by atoms with van der Waals surface area (Å²) in [5.41, 5.74) is 0.852. The number of aliphatic imine (C=N–C) groups is 1. The number of nitrogens with zero attached hydrogens (tertiary/aromatic N) is 1. The van der Waals surface area contributed by atoms with E-state index in [1.54, 1.807) is 11.8 Å². The van der Waals surface area contributed by atoms with E-state index in [0.717, 1.165) is 5.71 Å². The topological polar surface area (TPSA) is 41.5 Å². The normalized spacial score (nSPS) is 30.0. The number of rotatable bonds is 0. The predicted octanol–water partition coefficient (Wildman–Crippen LogP) is 0.737. The second kappa shape index (κ2) is 1.60. The lowest BCUT2D eigenvalue weighted by Crippen LogP contribution is -2.25. The standard InChI is InChI=1S/C5H4N2OS/c8-5-6-3-1-2-9-4(3)7-5/h1-2,4H,(H,7,8). The lowest BCUT2D eigenvalue weighted by Gasteiger charge is -1.98. The Morgan fingerprint density at radius 2 is 2.67 bits per heavy atom. The van der Waals surface area contributed by atoms with Crippen LogP contribution in [0, 0.1) is 0 Å². The second-order valence-electron chi connectivity index (χ2n) is 1.81. The van der Waals surface area contributed by atoms with E-state index in [-0.39, 0.29) is 11.4 Å². The van der Waals surface area contributed by atoms with Crippen molar-refractivity contribution >= 4 is 23.5 Å². The molecule has 0 aromatic carbocycles. The first-order valence-corrected chi connectivity index (χ1v) is 3.51. The van der Waals surface area contributed by atoms with Crippen molar-refractivity contribution in [2.75, 3.05) is 0 Å². The molecule has 0 aromatic rings. The lowest BCUT2D eigenvalue weighted by molar-refractivity contribution is 0.251. The molecule has 2 rings (SSSR count). The average molecular weight is 140 g/mol. The van der Waals surface area contributed by atoms with E-state index in [1.807, 2.05) is 11.5 Å². The van der Waals surface area contributed by atoms with Crippen molar-refractivity contribution in [3.8, 4) is 0 Å². The van der Waals surface area contributed by atoms with Crippen LogP contribution in [0.1, 0.15) is 0 Å². The molecule has 1 N–H and O–H groups in total. The molecule has 1 unspecified atom stereocenters. The molecule has 0 radical (unpaired) electrons. The van der Waals surface area contributed by atoms with E-state index >= 15 is 0 Å². The molecule has 9 heavy (non-hydrogen) atoms. The van der Waals surface area contributed by atoms with E-state index in [0.29, 0.717) is 0 Å². The zero-order valence-electron chi connectivity index (χ0n) is 4.50. The van der Waals surface area contributed by atoms with Crippen LogP contribution < -0.4 is 5.32 Å². The highest BCUT2D eigenvalue weighted by atomic mass is 32.2. The highest BCUT2D eigenvalue weighted by Crippen LogP contribution is 2.22. The third kappa shape index (κ3) is 0.666. The van der Waals surface area contributed by atoms with Gasteiger partial charge >= 0.3 is 6.03 Å². The molecular formula is C5H4N2OS. The summed E-state index contributed by atoms with van der Waals surface area (Å²) in [5.74, 6) is 0. The number of hydrogen-bond acceptors (Lipinski definition) is 2. The first-order chi connectivity index (χ1) is 4.36. The zero-order valence-corrected chi connectivity index (χ0v) is 5.31. The Kier molecular flexibility index (Phi) is 0.900. The van der Waals surface area contributed by atoms with Crippen LogP contribution >= 0.6 is 11.8 Å². The minimum Gasteiger partial charge on any atom is -0.318 e. The number of nitrogens with one attached hydrogen (secondary N) is 1. The molecule has 0 bridgehead atoms. The van der Waals surface area contributed by atoms with Crippen molar-refractivity contribution < 1.29 is 4.79 Å². The van der Waals surface area contributed by atoms with Crippen molar-refractivity contribution in [3.05, 3.63) is 11.5 Å². The molecule has 2 aliphatic heterocycles. The number of thioether (sulfide) groups is 1. The predicted molar refractivity (Wildman–Crippen MR) is 36.5 cm³/mol. The van der Waals surface area contributed by atoms with Gasteiger partial charge in [0.2, 0.25) is 0 Å². The van der Waals surface area contributed by atoms with E-state index in [4.69, 9.17) is 0 Å². The van der Waals surface area contributed by atoms with Crippen LogP contribution in [0.2, 0.25) is 0 Å². The summed E-state index contributed by atoms with van der Waals surface area (Å²) < 4.78 is 0. The van der Waals surface area contributed by atoms with E-state index < -0.39 is 0 Å². The van der Waals surface area contributed by atoms with Gasteiger partial charge in [0.15, 0.2) is 0 Å². The molecule has 4 heteroatoms. The van der Waals surface area contributed by atoms with Gasteiger partial charge in [0.1, 0.15) is 5.37 Å². The lowest BCUT2D eigenvalue weighted by atomic mass is 10.4. The number of carbonyl (C=O) groups is 1. The summed E-state index contributed by atoms with van der Waals surface area (Å²) in [7, 11) is 0. The van der Waals surface area contributed by atoms with Gasteiger partial charge in [-0.1, -0.05) is 0 Å². The van der Waals surface area contributed by atoms with Crippen molar-refractivity contribution in [2.24, 2.45) is 4.99 Å². The molecule has 2 heterocycles. The van der Waals surface area contributed by atoms with Crippen LogP contribution in [-0.4, -0.2) is 17.1 Å². The van der Waals surface area contributed by atoms with E-state index in [2.05, 4.69) is 10.3 Å². The van der Waals surface area contributed by atoms with Crippen LogP contribution in [0.5, 0.6) is 0 Å². The molecule has 0 saturated heterocycles. The molecular weight excluding hydrogens is 136 g/mol. The highest BCUT2D eigenvalue weighted by Gasteiger charge is 2.26. The number of urea groups is 1. The maximum Gasteiger partial charge on any atom is 0.342 e. The van der Waals surface area contributed by atoms with E-state index in [9.17, 15) is 4.79 Å². The summed E-state index contributed by atoms with van der Waals surface area (Å²) in [6.45, 7) is 0. The molecule has 46 valence electrons. The van der Waals surface area contributed by atoms with Crippen molar-refractivity contribution in [2.45, 2.75) is 5.37 Å². The Morgan fingerprint density at radius 3 is 3.44 bits per heavy atom. The van der Waals surface area contributed by atoms with Gasteiger partial charge in [-0.25, -0.2) is 4.79 Å². The second-order valence-corrected chi connectivity index (χ2v) is 2.82. The Hall–Kier alpha value is -0.770. The molecule has 0 saturated carbocycles. The maximum absolute atomic E-state index is 10.5. The van der Waals surface area contributed by atoms with Crippen molar-refractivity contribution in [1.29, 1.82) is 0 Å². The third-order valence-electron chi connectivity index (χ3n) is 1.21. The van der Waals surface area contributed by atoms with Crippen LogP contribution in [0.3, 0.4) is 0 Å². The Balaban J connectivity index is 2.36. The monoisotopic (exact) mass is 140 g/mol. The summed E-state index contributed by atoms with van der Waals surface area (Å²) in [5, 5.41) is 4.72. The van der Waals surface area contributed by atoms with Gasteiger partial charge in [-0.3, -0.25) is 0 Å². The van der Waals surface area contributed by atoms with Gasteiger partial charge in [0.05, 0.1) is 5.71 Å². The summed E-state index contributed by atoms with van der Waals surface area (Å²) in [4.78, 5) is 14.2. The smallest absolute Gasteiger partial charge is 0.318 e. The van der Waals surface area contributed by atoms with Gasteiger partial charge < -0.3 is 5.32 Å². The summed E-state index contributed by atoms with van der Waals surface area (Å²) in [6, 6.07) is -0.216. The fourth-order valence-electron chi connectivity index (χ4n) is 0.810. The van der Waals surface area contributed by atoms with Crippen LogP contribution in [0.15, 0.2) is 16.5 Å². The third-order valence-corrected chi connectivity index (χ3v) is 2.13. The van der Waals surface area contributed by atoms with Gasteiger partial charge in [-0.2, -0.15) is 4.99 Å². The van der Waals surface area contributed by atoms with E-state index in [1.165, 1.54) is 0 Å². The number of fused-ring (bicyclic) bond motifs is 1. The van der Waals surface area contributed by atoms with Gasteiger partial charge in [-0.15, -0.1) is 11.8 Å². The first-order valence-electron chi connectivity index (χ1n) is 2.57. The van der Waals surface area contributed by atoms with Crippen LogP contribution in [0.25, 0.3) is 0 Å². The number of amides is 2. The maximum atomic E-state index is 10.5. The quantitative estimate of drug-likeness (QED) is 0.539. The largest absolute Gasteiger partial charge is 0.342 e. The van der Waals surface area contributed by atoms with Crippen molar-refractivity contribution in [3.63, 3.8) is 0 Å². The highest BCUT2D eigenvalue weighted by molar-refractivity contribution is 8.04. The van der Waals surface area contributed by atoms with Gasteiger partial charge in [0.25, 0.3) is 0 Å². The summed E-state index contributed by atoms with van der Waals surface area (Å²) in [6.07, 6.45) is 1.85. The first kappa shape index (κ1) is 5.05. The molecule has 0 aliphatic carbocycles. The number of carbonyl (C=O) groups excluding carboxylic acids is 1. The average Bonchev–Trinajstić information content (AvgIpc) is 2.22. The fraction of sp³-hybridized carbons (Fsp3) is 0.200. The Labute approximate surface area is 56.2 Å². The molecule has 0 fully saturated rings. The Morgan fingerprint density at radius 1 is 1.78 bits per heavy atom. The van der Waals surface area contributed by atoms with Crippen molar-refractivity contribution in [1.82, 2.24) is 5.32 Å². The van der Waals surface area contributed by atoms with Gasteiger partial charge in [-0.05, 0) is 11.5 Å². The summed E-state index contributed by atoms with van der Waals surface area (Å²) >= 11 is 1.57. The van der Waals surface area contributed by atoms with Crippen LogP contribution in [-0.2, 0) is 0 Å². The number of hydrogen-bond donors (Lipinski definition) is 1. The molecule has 2 aliphatic rings. The molecule has 0 aromatic heterocycles. The molecule has 1 atom stereocenters. The zero-order chi connectivity index (χ0) is 6.27. The Bertz CT molecular complexity index is 221. The molecule has 2 amide bonds. The van der Waals surface area contributed by atoms with Gasteiger partial charge in [0, 0.05) is 0 Å². The SMILES string of the molecule is O=C1N=C2C=CSC2N1. The molecule has 0 spiro atoms.